The smallest absolute Gasteiger partial charge is 0.245 e. The average Bonchev–Trinajstić information content (AvgIpc) is 3.51. The van der Waals surface area contributed by atoms with Gasteiger partial charge in [-0.05, 0) is 26.0 Å². The van der Waals surface area contributed by atoms with E-state index in [-0.39, 0.29) is 31.3 Å². The Labute approximate surface area is 226 Å². The molecule has 0 aliphatic carbocycles. The van der Waals surface area contributed by atoms with Gasteiger partial charge in [-0.3, -0.25) is 28.8 Å². The second-order valence-corrected chi connectivity index (χ2v) is 10.2. The lowest BCUT2D eigenvalue weighted by Gasteiger charge is -2.27. The number of rotatable bonds is 3. The molecule has 13 heteroatoms. The number of aliphatic hydroxyl groups is 1. The molecule has 5 atom stereocenters. The molecule has 4 bridgehead atoms. The van der Waals surface area contributed by atoms with Crippen LogP contribution in [-0.4, -0.2) is 99.0 Å². The van der Waals surface area contributed by atoms with E-state index in [1.54, 1.807) is 22.8 Å². The monoisotopic (exact) mass is 540 g/mol. The lowest BCUT2D eigenvalue weighted by molar-refractivity contribution is -0.135. The molecule has 13 nitrogen and oxygen atoms in total. The zero-order valence-corrected chi connectivity index (χ0v) is 22.2. The molecule has 3 heterocycles. The van der Waals surface area contributed by atoms with Crippen LogP contribution < -0.4 is 21.3 Å². The first-order valence-electron chi connectivity index (χ1n) is 13.2. The zero-order chi connectivity index (χ0) is 27.9. The molecule has 1 fully saturated rings. The Hall–Kier alpha value is -3.84. The normalized spacial score (nSPS) is 26.6. The van der Waals surface area contributed by atoms with Crippen LogP contribution in [0.3, 0.4) is 0 Å². The number of nitrogens with zero attached hydrogens (tertiary/aromatic N) is 4. The van der Waals surface area contributed by atoms with Crippen molar-refractivity contribution in [3.8, 4) is 0 Å². The number of fused-ring (bicyclic) bond motifs is 4. The molecule has 2 aliphatic rings. The van der Waals surface area contributed by atoms with Crippen molar-refractivity contribution in [3.05, 3.63) is 47.8 Å². The summed E-state index contributed by atoms with van der Waals surface area (Å²) in [7, 11) is 1.77. The van der Waals surface area contributed by atoms with Crippen molar-refractivity contribution in [1.82, 2.24) is 41.2 Å². The van der Waals surface area contributed by atoms with Gasteiger partial charge in [-0.1, -0.05) is 35.5 Å². The third kappa shape index (κ3) is 7.60. The number of benzene rings is 1. The molecule has 0 saturated carbocycles. The molecule has 4 rings (SSSR count). The summed E-state index contributed by atoms with van der Waals surface area (Å²) in [6.45, 7) is 2.45. The Bertz CT molecular complexity index is 1170. The SMILES string of the molecule is C[C@@H](O)[C@@H]1NC(=O)[C@@H]2C[C@@H](CN2C)NC(=O)CCc2cn(nn2)CCNC(=O)[C@H](Cc2ccccc2)NC1=O. The highest BCUT2D eigenvalue weighted by molar-refractivity contribution is 5.93. The first kappa shape index (κ1) is 28.2. The highest BCUT2D eigenvalue weighted by Gasteiger charge is 2.38. The van der Waals surface area contributed by atoms with E-state index in [4.69, 9.17) is 0 Å². The van der Waals surface area contributed by atoms with E-state index in [2.05, 4.69) is 31.6 Å². The summed E-state index contributed by atoms with van der Waals surface area (Å²) >= 11 is 0. The third-order valence-corrected chi connectivity index (χ3v) is 7.03. The van der Waals surface area contributed by atoms with E-state index in [1.165, 1.54) is 6.92 Å². The fourth-order valence-corrected chi connectivity index (χ4v) is 4.91. The molecule has 4 amide bonds. The van der Waals surface area contributed by atoms with Crippen LogP contribution in [0.25, 0.3) is 0 Å². The molecule has 39 heavy (non-hydrogen) atoms. The van der Waals surface area contributed by atoms with Crippen LogP contribution in [0.15, 0.2) is 36.5 Å². The van der Waals surface area contributed by atoms with E-state index in [0.29, 0.717) is 31.6 Å². The van der Waals surface area contributed by atoms with Gasteiger partial charge in [0.25, 0.3) is 0 Å². The molecule has 2 aromatic rings. The number of nitrogens with one attached hydrogen (secondary N) is 4. The maximum atomic E-state index is 13.3. The number of carbonyl (C=O) groups excluding carboxylic acids is 4. The minimum absolute atomic E-state index is 0.156. The molecular formula is C26H36N8O5. The van der Waals surface area contributed by atoms with Crippen LogP contribution in [0.4, 0.5) is 0 Å². The number of carbonyl (C=O) groups is 4. The lowest BCUT2D eigenvalue weighted by Crippen LogP contribution is -2.59. The number of likely N-dealkylation sites (tertiary alicyclic amines) is 1. The predicted molar refractivity (Wildman–Crippen MR) is 140 cm³/mol. The minimum atomic E-state index is -1.27. The van der Waals surface area contributed by atoms with Gasteiger partial charge < -0.3 is 26.4 Å². The summed E-state index contributed by atoms with van der Waals surface area (Å²) in [5.41, 5.74) is 1.50. The summed E-state index contributed by atoms with van der Waals surface area (Å²) in [6, 6.07) is 6.20. The molecule has 0 spiro atoms. The number of amides is 4. The maximum absolute atomic E-state index is 13.3. The highest BCUT2D eigenvalue weighted by Crippen LogP contribution is 2.17. The van der Waals surface area contributed by atoms with Crippen LogP contribution in [0.5, 0.6) is 0 Å². The fourth-order valence-electron chi connectivity index (χ4n) is 4.91. The number of aliphatic hydroxyl groups excluding tert-OH is 1. The summed E-state index contributed by atoms with van der Waals surface area (Å²) in [5, 5.41) is 29.7. The van der Waals surface area contributed by atoms with Crippen LogP contribution in [0, 0.1) is 0 Å². The third-order valence-electron chi connectivity index (χ3n) is 7.03. The number of likely N-dealkylation sites (N-methyl/N-ethyl adjacent to an activating group) is 1. The molecule has 1 aromatic carbocycles. The first-order chi connectivity index (χ1) is 18.7. The van der Waals surface area contributed by atoms with Crippen molar-refractivity contribution in [1.29, 1.82) is 0 Å². The first-order valence-corrected chi connectivity index (χ1v) is 13.2. The molecule has 0 unspecified atom stereocenters. The van der Waals surface area contributed by atoms with Crippen molar-refractivity contribution in [2.45, 2.75) is 69.4 Å². The topological polar surface area (TPSA) is 171 Å². The standard InChI is InChI=1S/C26H36N8O5/c1-16(35)23-26(39)29-20(12-17-6-4-3-5-7-17)24(37)27-10-11-34-15-18(31-32-34)8-9-22(36)28-19-13-21(25(38)30-23)33(2)14-19/h3-7,15-16,19-21,23,35H,8-14H2,1-2H3,(H,27,37)(H,28,36)(H,29,39)(H,30,38)/t16-,19+,20+,21+,23+/m1/s1. The summed E-state index contributed by atoms with van der Waals surface area (Å²) in [5.74, 6) is -1.68. The zero-order valence-electron chi connectivity index (χ0n) is 22.2. The van der Waals surface area contributed by atoms with Gasteiger partial charge in [0.2, 0.25) is 23.6 Å². The largest absolute Gasteiger partial charge is 0.391 e. The van der Waals surface area contributed by atoms with Crippen LogP contribution in [-0.2, 0) is 38.6 Å². The van der Waals surface area contributed by atoms with Gasteiger partial charge in [0, 0.05) is 44.6 Å². The van der Waals surface area contributed by atoms with E-state index in [0.717, 1.165) is 5.56 Å². The minimum Gasteiger partial charge on any atom is -0.391 e. The Morgan fingerprint density at radius 1 is 1.03 bits per heavy atom. The molecule has 0 radical (unpaired) electrons. The number of hydrogen-bond acceptors (Lipinski definition) is 8. The molecule has 1 saturated heterocycles. The van der Waals surface area contributed by atoms with Crippen molar-refractivity contribution in [2.24, 2.45) is 0 Å². The van der Waals surface area contributed by atoms with E-state index in [1.807, 2.05) is 30.3 Å². The van der Waals surface area contributed by atoms with Crippen molar-refractivity contribution in [3.63, 3.8) is 0 Å². The lowest BCUT2D eigenvalue weighted by atomic mass is 10.0. The quantitative estimate of drug-likeness (QED) is 0.301. The van der Waals surface area contributed by atoms with Crippen molar-refractivity contribution >= 4 is 23.6 Å². The number of aryl methyl sites for hydroxylation is 1. The summed E-state index contributed by atoms with van der Waals surface area (Å²) in [6.07, 6.45) is 1.73. The van der Waals surface area contributed by atoms with Crippen molar-refractivity contribution in [2.75, 3.05) is 20.1 Å². The molecular weight excluding hydrogens is 504 g/mol. The van der Waals surface area contributed by atoms with Gasteiger partial charge in [-0.15, -0.1) is 5.10 Å². The van der Waals surface area contributed by atoms with Gasteiger partial charge >= 0.3 is 0 Å². The van der Waals surface area contributed by atoms with Gasteiger partial charge in [-0.2, -0.15) is 0 Å². The van der Waals surface area contributed by atoms with E-state index in [9.17, 15) is 24.3 Å². The Morgan fingerprint density at radius 3 is 2.54 bits per heavy atom. The molecule has 1 aromatic heterocycles. The van der Waals surface area contributed by atoms with Gasteiger partial charge in [0.05, 0.1) is 24.4 Å². The Balaban J connectivity index is 1.56. The molecule has 5 N–H and O–H groups in total. The van der Waals surface area contributed by atoms with E-state index >= 15 is 0 Å². The van der Waals surface area contributed by atoms with Crippen LogP contribution >= 0.6 is 0 Å². The summed E-state index contributed by atoms with van der Waals surface area (Å²) < 4.78 is 1.59. The van der Waals surface area contributed by atoms with Gasteiger partial charge in [-0.25, -0.2) is 0 Å². The second kappa shape index (κ2) is 12.8. The summed E-state index contributed by atoms with van der Waals surface area (Å²) in [4.78, 5) is 53.9. The number of hydrogen-bond donors (Lipinski definition) is 5. The average molecular weight is 541 g/mol. The predicted octanol–water partition coefficient (Wildman–Crippen LogP) is -1.88. The van der Waals surface area contributed by atoms with Crippen molar-refractivity contribution < 1.29 is 24.3 Å². The highest BCUT2D eigenvalue weighted by atomic mass is 16.3. The van der Waals surface area contributed by atoms with Crippen LogP contribution in [0.1, 0.15) is 31.0 Å². The Kier molecular flexibility index (Phi) is 9.25. The van der Waals surface area contributed by atoms with Gasteiger partial charge in [0.1, 0.15) is 12.1 Å². The number of aromatic nitrogens is 3. The maximum Gasteiger partial charge on any atom is 0.245 e. The molecule has 210 valence electrons. The van der Waals surface area contributed by atoms with Gasteiger partial charge in [0.15, 0.2) is 0 Å². The fraction of sp³-hybridized carbons (Fsp3) is 0.538. The van der Waals surface area contributed by atoms with Crippen LogP contribution in [0.2, 0.25) is 0 Å². The second-order valence-electron chi connectivity index (χ2n) is 10.2. The van der Waals surface area contributed by atoms with E-state index < -0.39 is 42.0 Å². The molecule has 2 aliphatic heterocycles. The Morgan fingerprint density at radius 2 is 1.79 bits per heavy atom.